The summed E-state index contributed by atoms with van der Waals surface area (Å²) in [5, 5.41) is 5.07. The number of primary sulfonamides is 1. The van der Waals surface area contributed by atoms with Gasteiger partial charge < -0.3 is 9.64 Å². The predicted octanol–water partition coefficient (Wildman–Crippen LogP) is 1.23. The fourth-order valence-electron chi connectivity index (χ4n) is 1.58. The number of nitrogens with zero attached hydrogens (tertiary/aromatic N) is 1. The number of carbonyl (C=O) groups is 1. The van der Waals surface area contributed by atoms with Gasteiger partial charge in [0.25, 0.3) is 5.91 Å². The molecule has 0 fully saturated rings. The molecule has 0 atom stereocenters. The lowest BCUT2D eigenvalue weighted by Gasteiger charge is -2.18. The molecular formula is C12H17ClN2O4S. The number of nitrogens with two attached hydrogens (primary N) is 1. The van der Waals surface area contributed by atoms with Crippen molar-refractivity contribution in [1.29, 1.82) is 0 Å². The molecule has 0 unspecified atom stereocenters. The molecule has 1 aromatic carbocycles. The minimum atomic E-state index is -3.81. The lowest BCUT2D eigenvalue weighted by atomic mass is 10.3. The third kappa shape index (κ3) is 4.36. The second-order valence-corrected chi connectivity index (χ2v) is 5.96. The molecule has 0 aliphatic rings. The van der Waals surface area contributed by atoms with Crippen molar-refractivity contribution in [3.05, 3.63) is 23.2 Å². The van der Waals surface area contributed by atoms with Crippen molar-refractivity contribution in [2.24, 2.45) is 5.14 Å². The second kappa shape index (κ2) is 6.92. The number of benzene rings is 1. The molecule has 112 valence electrons. The molecule has 1 amide bonds. The first-order valence-corrected chi connectivity index (χ1v) is 7.95. The first kappa shape index (κ1) is 16.7. The van der Waals surface area contributed by atoms with E-state index < -0.39 is 10.0 Å². The quantitative estimate of drug-likeness (QED) is 0.853. The summed E-state index contributed by atoms with van der Waals surface area (Å²) in [7, 11) is -3.81. The Hall–Kier alpha value is -1.31. The van der Waals surface area contributed by atoms with Gasteiger partial charge in [-0.05, 0) is 32.0 Å². The van der Waals surface area contributed by atoms with Crippen molar-refractivity contribution in [1.82, 2.24) is 4.90 Å². The molecule has 0 heterocycles. The molecule has 0 saturated heterocycles. The average Bonchev–Trinajstić information content (AvgIpc) is 2.37. The molecule has 0 aromatic heterocycles. The van der Waals surface area contributed by atoms with Crippen LogP contribution in [0.4, 0.5) is 0 Å². The van der Waals surface area contributed by atoms with Crippen molar-refractivity contribution >= 4 is 27.5 Å². The van der Waals surface area contributed by atoms with Crippen molar-refractivity contribution in [2.75, 3.05) is 19.7 Å². The van der Waals surface area contributed by atoms with Crippen LogP contribution in [0.5, 0.6) is 5.75 Å². The van der Waals surface area contributed by atoms with Gasteiger partial charge in [-0.1, -0.05) is 11.6 Å². The second-order valence-electron chi connectivity index (χ2n) is 3.99. The number of amides is 1. The van der Waals surface area contributed by atoms with E-state index >= 15 is 0 Å². The van der Waals surface area contributed by atoms with Gasteiger partial charge in [0.05, 0.1) is 9.92 Å². The zero-order chi connectivity index (χ0) is 15.3. The summed E-state index contributed by atoms with van der Waals surface area (Å²) in [5.41, 5.74) is 0. The molecule has 6 nitrogen and oxygen atoms in total. The van der Waals surface area contributed by atoms with Crippen molar-refractivity contribution in [3.63, 3.8) is 0 Å². The maximum atomic E-state index is 11.8. The molecule has 2 N–H and O–H groups in total. The van der Waals surface area contributed by atoms with Crippen LogP contribution in [0.2, 0.25) is 5.02 Å². The number of halogens is 1. The number of hydrogen-bond acceptors (Lipinski definition) is 4. The van der Waals surface area contributed by atoms with E-state index in [1.165, 1.54) is 18.2 Å². The van der Waals surface area contributed by atoms with Crippen LogP contribution in [0.3, 0.4) is 0 Å². The average molecular weight is 321 g/mol. The van der Waals surface area contributed by atoms with E-state index in [-0.39, 0.29) is 28.2 Å². The smallest absolute Gasteiger partial charge is 0.260 e. The van der Waals surface area contributed by atoms with Crippen LogP contribution in [-0.2, 0) is 14.8 Å². The normalized spacial score (nSPS) is 11.2. The van der Waals surface area contributed by atoms with Gasteiger partial charge in [-0.3, -0.25) is 4.79 Å². The summed E-state index contributed by atoms with van der Waals surface area (Å²) in [6.45, 7) is 4.77. The molecule has 1 rings (SSSR count). The summed E-state index contributed by atoms with van der Waals surface area (Å²) < 4.78 is 27.6. The van der Waals surface area contributed by atoms with Crippen LogP contribution in [0.15, 0.2) is 23.1 Å². The van der Waals surface area contributed by atoms with Gasteiger partial charge in [-0.15, -0.1) is 0 Å². The fraction of sp³-hybridized carbons (Fsp3) is 0.417. The Balaban J connectivity index is 2.78. The molecule has 0 radical (unpaired) electrons. The van der Waals surface area contributed by atoms with Gasteiger partial charge in [0.15, 0.2) is 6.61 Å². The maximum Gasteiger partial charge on any atom is 0.260 e. The third-order valence-electron chi connectivity index (χ3n) is 2.70. The minimum absolute atomic E-state index is 0.0869. The van der Waals surface area contributed by atoms with E-state index in [9.17, 15) is 13.2 Å². The van der Waals surface area contributed by atoms with E-state index in [0.29, 0.717) is 13.1 Å². The first-order chi connectivity index (χ1) is 9.29. The molecule has 0 aliphatic heterocycles. The standard InChI is InChI=1S/C12H17ClN2O4S/c1-3-15(4-2)12(16)8-19-11-6-5-9(7-10(11)13)20(14,17)18/h5-7H,3-4,8H2,1-2H3,(H2,14,17,18). The number of carbonyl (C=O) groups excluding carboxylic acids is 1. The number of rotatable bonds is 6. The van der Waals surface area contributed by atoms with Gasteiger partial charge in [0.1, 0.15) is 5.75 Å². The molecule has 0 saturated carbocycles. The molecule has 0 bridgehead atoms. The van der Waals surface area contributed by atoms with Crippen LogP contribution in [0.25, 0.3) is 0 Å². The first-order valence-electron chi connectivity index (χ1n) is 6.02. The Morgan fingerprint density at radius 1 is 1.35 bits per heavy atom. The van der Waals surface area contributed by atoms with Gasteiger partial charge in [0.2, 0.25) is 10.0 Å². The fourth-order valence-corrected chi connectivity index (χ4v) is 2.42. The highest BCUT2D eigenvalue weighted by atomic mass is 35.5. The van der Waals surface area contributed by atoms with Gasteiger partial charge in [-0.2, -0.15) is 0 Å². The maximum absolute atomic E-state index is 11.8. The lowest BCUT2D eigenvalue weighted by molar-refractivity contribution is -0.132. The minimum Gasteiger partial charge on any atom is -0.482 e. The summed E-state index contributed by atoms with van der Waals surface area (Å²) >= 11 is 5.90. The highest BCUT2D eigenvalue weighted by molar-refractivity contribution is 7.89. The Labute approximate surface area is 123 Å². The highest BCUT2D eigenvalue weighted by Gasteiger charge is 2.14. The molecular weight excluding hydrogens is 304 g/mol. The highest BCUT2D eigenvalue weighted by Crippen LogP contribution is 2.26. The Kier molecular flexibility index (Phi) is 5.79. The van der Waals surface area contributed by atoms with Crippen molar-refractivity contribution in [2.45, 2.75) is 18.7 Å². The van der Waals surface area contributed by atoms with Crippen LogP contribution < -0.4 is 9.88 Å². The summed E-state index contributed by atoms with van der Waals surface area (Å²) in [6, 6.07) is 3.84. The van der Waals surface area contributed by atoms with Crippen LogP contribution in [0.1, 0.15) is 13.8 Å². The molecule has 20 heavy (non-hydrogen) atoms. The Bertz CT molecular complexity index is 585. The van der Waals surface area contributed by atoms with E-state index in [0.717, 1.165) is 0 Å². The predicted molar refractivity (Wildman–Crippen MR) is 76.2 cm³/mol. The molecule has 8 heteroatoms. The number of ether oxygens (including phenoxy) is 1. The Morgan fingerprint density at radius 3 is 2.40 bits per heavy atom. The summed E-state index contributed by atoms with van der Waals surface area (Å²) in [6.07, 6.45) is 0. The van der Waals surface area contributed by atoms with E-state index in [4.69, 9.17) is 21.5 Å². The summed E-state index contributed by atoms with van der Waals surface area (Å²) in [5.74, 6) is 0.0705. The lowest BCUT2D eigenvalue weighted by Crippen LogP contribution is -2.34. The van der Waals surface area contributed by atoms with Crippen molar-refractivity contribution < 1.29 is 17.9 Å². The van der Waals surface area contributed by atoms with Gasteiger partial charge in [-0.25, -0.2) is 13.6 Å². The van der Waals surface area contributed by atoms with E-state index in [2.05, 4.69) is 0 Å². The van der Waals surface area contributed by atoms with Gasteiger partial charge >= 0.3 is 0 Å². The number of likely N-dealkylation sites (N-methyl/N-ethyl adjacent to an activating group) is 1. The van der Waals surface area contributed by atoms with Gasteiger partial charge in [0, 0.05) is 13.1 Å². The van der Waals surface area contributed by atoms with Crippen LogP contribution in [0, 0.1) is 0 Å². The molecule has 0 aliphatic carbocycles. The Morgan fingerprint density at radius 2 is 1.95 bits per heavy atom. The monoisotopic (exact) mass is 320 g/mol. The third-order valence-corrected chi connectivity index (χ3v) is 3.91. The van der Waals surface area contributed by atoms with E-state index in [1.807, 2.05) is 13.8 Å². The van der Waals surface area contributed by atoms with Crippen LogP contribution in [-0.4, -0.2) is 38.9 Å². The zero-order valence-electron chi connectivity index (χ0n) is 11.3. The van der Waals surface area contributed by atoms with E-state index in [1.54, 1.807) is 4.90 Å². The number of hydrogen-bond donors (Lipinski definition) is 1. The van der Waals surface area contributed by atoms with Crippen molar-refractivity contribution in [3.8, 4) is 5.75 Å². The molecule has 0 spiro atoms. The topological polar surface area (TPSA) is 89.7 Å². The van der Waals surface area contributed by atoms with Crippen LogP contribution >= 0.6 is 11.6 Å². The zero-order valence-corrected chi connectivity index (χ0v) is 12.9. The largest absolute Gasteiger partial charge is 0.482 e. The number of sulfonamides is 1. The molecule has 1 aromatic rings. The SMILES string of the molecule is CCN(CC)C(=O)COc1ccc(S(N)(=O)=O)cc1Cl. The summed E-state index contributed by atoms with van der Waals surface area (Å²) in [4.78, 5) is 13.3.